The monoisotopic (exact) mass is 447 g/mol. The van der Waals surface area contributed by atoms with Gasteiger partial charge in [0.25, 0.3) is 0 Å². The molecule has 2 heterocycles. The Bertz CT molecular complexity index is 890. The number of nitrogens with zero attached hydrogens (tertiary/aromatic N) is 5. The van der Waals surface area contributed by atoms with Gasteiger partial charge < -0.3 is 26.0 Å². The van der Waals surface area contributed by atoms with Gasteiger partial charge in [0.2, 0.25) is 11.9 Å². The van der Waals surface area contributed by atoms with Gasteiger partial charge in [-0.2, -0.15) is 4.99 Å². The molecule has 9 nitrogen and oxygen atoms in total. The Balaban J connectivity index is 1.67. The van der Waals surface area contributed by atoms with Crippen LogP contribution in [0.3, 0.4) is 0 Å². The number of para-hydroxylation sites is 1. The zero-order valence-corrected chi connectivity index (χ0v) is 18.6. The largest absolute Gasteiger partial charge is 0.450 e. The minimum atomic E-state index is -0.541. The van der Waals surface area contributed by atoms with E-state index in [1.165, 1.54) is 6.42 Å². The van der Waals surface area contributed by atoms with E-state index in [9.17, 15) is 4.79 Å². The first kappa shape index (κ1) is 21.5. The highest BCUT2D eigenvalue weighted by Gasteiger charge is 2.44. The Hall–Kier alpha value is -2.68. The molecule has 2 fully saturated rings. The van der Waals surface area contributed by atoms with Crippen molar-refractivity contribution in [2.45, 2.75) is 44.7 Å². The summed E-state index contributed by atoms with van der Waals surface area (Å²) >= 11 is 6.72. The molecule has 1 amide bonds. The average Bonchev–Trinajstić information content (AvgIpc) is 2.74. The van der Waals surface area contributed by atoms with Crippen molar-refractivity contribution < 1.29 is 9.53 Å². The van der Waals surface area contributed by atoms with Gasteiger partial charge in [0.15, 0.2) is 0 Å². The molecule has 0 aromatic heterocycles. The highest BCUT2D eigenvalue weighted by atomic mass is 35.5. The lowest BCUT2D eigenvalue weighted by Crippen LogP contribution is -2.59. The van der Waals surface area contributed by atoms with Gasteiger partial charge in [-0.25, -0.2) is 9.79 Å². The smallest absolute Gasteiger partial charge is 0.409 e. The summed E-state index contributed by atoms with van der Waals surface area (Å²) in [6, 6.07) is 5.80. The van der Waals surface area contributed by atoms with Crippen LogP contribution in [0, 0.1) is 0 Å². The second-order valence-corrected chi connectivity index (χ2v) is 8.51. The minimum absolute atomic E-state index is 0.224. The van der Waals surface area contributed by atoms with Crippen LogP contribution < -0.4 is 21.3 Å². The van der Waals surface area contributed by atoms with Gasteiger partial charge in [0.05, 0.1) is 23.0 Å². The number of piperazine rings is 1. The van der Waals surface area contributed by atoms with E-state index in [-0.39, 0.29) is 12.1 Å². The first-order valence-corrected chi connectivity index (χ1v) is 11.3. The lowest BCUT2D eigenvalue weighted by Gasteiger charge is -2.47. The van der Waals surface area contributed by atoms with Crippen molar-refractivity contribution in [2.24, 2.45) is 21.5 Å². The van der Waals surface area contributed by atoms with Gasteiger partial charge in [0, 0.05) is 26.2 Å². The van der Waals surface area contributed by atoms with Crippen LogP contribution in [-0.2, 0) is 4.74 Å². The van der Waals surface area contributed by atoms with Gasteiger partial charge in [-0.05, 0) is 44.7 Å². The zero-order valence-electron chi connectivity index (χ0n) is 17.9. The minimum Gasteiger partial charge on any atom is -0.450 e. The molecule has 0 atom stereocenters. The molecule has 1 saturated heterocycles. The molecule has 10 heteroatoms. The maximum Gasteiger partial charge on any atom is 0.409 e. The van der Waals surface area contributed by atoms with Crippen LogP contribution in [0.25, 0.3) is 0 Å². The summed E-state index contributed by atoms with van der Waals surface area (Å²) in [7, 11) is 0. The van der Waals surface area contributed by atoms with E-state index < -0.39 is 5.66 Å². The van der Waals surface area contributed by atoms with Crippen LogP contribution in [0.2, 0.25) is 5.02 Å². The molecule has 1 spiro atoms. The van der Waals surface area contributed by atoms with Crippen molar-refractivity contribution in [3.63, 3.8) is 0 Å². The molecule has 2 aliphatic heterocycles. The van der Waals surface area contributed by atoms with Crippen molar-refractivity contribution in [1.82, 2.24) is 4.90 Å². The quantitative estimate of drug-likeness (QED) is 0.736. The number of carbonyl (C=O) groups is 1. The Morgan fingerprint density at radius 1 is 1.16 bits per heavy atom. The van der Waals surface area contributed by atoms with Gasteiger partial charge in [0.1, 0.15) is 5.66 Å². The van der Waals surface area contributed by atoms with Crippen LogP contribution in [-0.4, -0.2) is 61.4 Å². The lowest BCUT2D eigenvalue weighted by molar-refractivity contribution is 0.105. The third-order valence-electron chi connectivity index (χ3n) is 6.18. The van der Waals surface area contributed by atoms with Gasteiger partial charge >= 0.3 is 6.09 Å². The SMILES string of the molecule is CCOC(=O)N1CCN(c2c(Cl)cccc2N2C(N)=NC(N)=NC23CCCCC3)CC1. The molecule has 1 aromatic carbocycles. The van der Waals surface area contributed by atoms with Crippen LogP contribution in [0.1, 0.15) is 39.0 Å². The number of benzene rings is 1. The second-order valence-electron chi connectivity index (χ2n) is 8.10. The fourth-order valence-electron chi connectivity index (χ4n) is 4.79. The number of halogens is 1. The fraction of sp³-hybridized carbons (Fsp3) is 0.571. The zero-order chi connectivity index (χ0) is 22.0. The number of aliphatic imine (C=N–C) groups is 2. The molecule has 31 heavy (non-hydrogen) atoms. The predicted octanol–water partition coefficient (Wildman–Crippen LogP) is 2.73. The van der Waals surface area contributed by atoms with Crippen molar-refractivity contribution in [1.29, 1.82) is 0 Å². The average molecular weight is 448 g/mol. The Labute approximate surface area is 187 Å². The van der Waals surface area contributed by atoms with Gasteiger partial charge in [-0.15, -0.1) is 0 Å². The van der Waals surface area contributed by atoms with E-state index in [0.717, 1.165) is 37.1 Å². The number of amides is 1. The molecule has 1 aliphatic carbocycles. The topological polar surface area (TPSA) is 113 Å². The summed E-state index contributed by atoms with van der Waals surface area (Å²) in [5, 5.41) is 0.628. The second kappa shape index (κ2) is 8.82. The third-order valence-corrected chi connectivity index (χ3v) is 6.48. The number of rotatable bonds is 3. The van der Waals surface area contributed by atoms with E-state index >= 15 is 0 Å². The standard InChI is InChI=1S/C21H30ClN7O2/c1-2-31-20(30)28-13-11-27(12-14-28)17-15(22)7-6-8-16(17)29-19(24)25-18(23)26-21(29)9-4-3-5-10-21/h6-8H,2-5,9-14H2,1H3,(H4,23,24,25,26). The Morgan fingerprint density at radius 3 is 2.55 bits per heavy atom. The fourth-order valence-corrected chi connectivity index (χ4v) is 5.08. The first-order chi connectivity index (χ1) is 14.9. The van der Waals surface area contributed by atoms with E-state index in [1.54, 1.807) is 4.90 Å². The lowest BCUT2D eigenvalue weighted by atomic mass is 9.87. The molecule has 1 saturated carbocycles. The summed E-state index contributed by atoms with van der Waals surface area (Å²) < 4.78 is 5.14. The van der Waals surface area contributed by atoms with Crippen molar-refractivity contribution >= 4 is 41.0 Å². The molecule has 0 unspecified atom stereocenters. The van der Waals surface area contributed by atoms with Gasteiger partial charge in [-0.1, -0.05) is 24.1 Å². The number of hydrogen-bond donors (Lipinski definition) is 2. The molecule has 168 valence electrons. The summed E-state index contributed by atoms with van der Waals surface area (Å²) in [4.78, 5) is 27.1. The Morgan fingerprint density at radius 2 is 1.87 bits per heavy atom. The van der Waals surface area contributed by atoms with E-state index in [0.29, 0.717) is 43.8 Å². The van der Waals surface area contributed by atoms with Crippen LogP contribution in [0.15, 0.2) is 28.2 Å². The molecule has 4 rings (SSSR count). The van der Waals surface area contributed by atoms with Crippen LogP contribution in [0.5, 0.6) is 0 Å². The first-order valence-electron chi connectivity index (χ1n) is 10.9. The Kier molecular flexibility index (Phi) is 6.13. The van der Waals surface area contributed by atoms with E-state index in [1.807, 2.05) is 30.0 Å². The molecule has 4 N–H and O–H groups in total. The predicted molar refractivity (Wildman–Crippen MR) is 124 cm³/mol. The number of guanidine groups is 2. The van der Waals surface area contributed by atoms with Crippen LogP contribution in [0.4, 0.5) is 16.2 Å². The number of carbonyl (C=O) groups excluding carboxylic acids is 1. The third kappa shape index (κ3) is 4.11. The van der Waals surface area contributed by atoms with Gasteiger partial charge in [-0.3, -0.25) is 4.90 Å². The molecular formula is C21H30ClN7O2. The van der Waals surface area contributed by atoms with Crippen molar-refractivity contribution in [2.75, 3.05) is 42.6 Å². The van der Waals surface area contributed by atoms with Crippen molar-refractivity contribution in [3.05, 3.63) is 23.2 Å². The molecule has 0 bridgehead atoms. The molecule has 3 aliphatic rings. The normalized spacial score (nSPS) is 21.0. The number of nitrogens with two attached hydrogens (primary N) is 2. The van der Waals surface area contributed by atoms with Crippen LogP contribution >= 0.6 is 11.6 Å². The summed E-state index contributed by atoms with van der Waals surface area (Å²) in [5.74, 6) is 0.561. The summed E-state index contributed by atoms with van der Waals surface area (Å²) in [6.07, 6.45) is 4.70. The highest BCUT2D eigenvalue weighted by molar-refractivity contribution is 6.34. The maximum absolute atomic E-state index is 12.1. The molecule has 0 radical (unpaired) electrons. The summed E-state index contributed by atoms with van der Waals surface area (Å²) in [6.45, 7) is 4.57. The number of hydrogen-bond acceptors (Lipinski definition) is 8. The van der Waals surface area contributed by atoms with E-state index in [2.05, 4.69) is 9.89 Å². The highest BCUT2D eigenvalue weighted by Crippen LogP contribution is 2.45. The molecular weight excluding hydrogens is 418 g/mol. The number of ether oxygens (including phenoxy) is 1. The maximum atomic E-state index is 12.1. The summed E-state index contributed by atoms with van der Waals surface area (Å²) in [5.41, 5.74) is 13.7. The number of anilines is 2. The van der Waals surface area contributed by atoms with E-state index in [4.69, 9.17) is 32.8 Å². The molecule has 1 aromatic rings. The van der Waals surface area contributed by atoms with Crippen molar-refractivity contribution in [3.8, 4) is 0 Å².